The van der Waals surface area contributed by atoms with Gasteiger partial charge in [0.25, 0.3) is 5.91 Å². The van der Waals surface area contributed by atoms with Crippen molar-refractivity contribution in [3.63, 3.8) is 0 Å². The van der Waals surface area contributed by atoms with Crippen LogP contribution in [-0.4, -0.2) is 31.7 Å². The predicted octanol–water partition coefficient (Wildman–Crippen LogP) is 0.922. The summed E-state index contributed by atoms with van der Waals surface area (Å²) in [6.07, 6.45) is -0.380. The van der Waals surface area contributed by atoms with Gasteiger partial charge in [-0.3, -0.25) is 4.79 Å². The van der Waals surface area contributed by atoms with E-state index in [1.165, 1.54) is 0 Å². The molecule has 1 unspecified atom stereocenters. The first-order valence-corrected chi connectivity index (χ1v) is 5.45. The van der Waals surface area contributed by atoms with Gasteiger partial charge in [-0.2, -0.15) is 0 Å². The Hall–Kier alpha value is -1.39. The van der Waals surface area contributed by atoms with E-state index in [-0.39, 0.29) is 12.0 Å². The second-order valence-corrected chi connectivity index (χ2v) is 3.92. The van der Waals surface area contributed by atoms with Gasteiger partial charge in [-0.25, -0.2) is 0 Å². The van der Waals surface area contributed by atoms with Crippen LogP contribution in [0.1, 0.15) is 5.56 Å². The zero-order chi connectivity index (χ0) is 11.4. The van der Waals surface area contributed by atoms with Gasteiger partial charge in [0.05, 0.1) is 6.61 Å². The summed E-state index contributed by atoms with van der Waals surface area (Å²) in [7, 11) is 0. The summed E-state index contributed by atoms with van der Waals surface area (Å²) >= 11 is 0. The lowest BCUT2D eigenvalue weighted by Crippen LogP contribution is -2.45. The minimum absolute atomic E-state index is 0.0854. The molecule has 4 nitrogen and oxygen atoms in total. The number of carbonyl (C=O) groups excluding carboxylic acids is 1. The molecule has 1 atom stereocenters. The zero-order valence-electron chi connectivity index (χ0n) is 9.32. The molecule has 1 saturated heterocycles. The third-order valence-corrected chi connectivity index (χ3v) is 2.51. The standard InChI is InChI=1S/C12H16N2O2/c1-9-3-2-4-10(7-9)14-12(15)11-8-13-5-6-16-11/h2-4,7,11,13H,5-6,8H2,1H3,(H,14,15). The molecular weight excluding hydrogens is 204 g/mol. The number of hydrogen-bond donors (Lipinski definition) is 2. The Morgan fingerprint density at radius 3 is 3.12 bits per heavy atom. The molecule has 1 aromatic rings. The van der Waals surface area contributed by atoms with Gasteiger partial charge in [0.15, 0.2) is 0 Å². The van der Waals surface area contributed by atoms with E-state index in [4.69, 9.17) is 4.74 Å². The van der Waals surface area contributed by atoms with Gasteiger partial charge in [0, 0.05) is 18.8 Å². The lowest BCUT2D eigenvalue weighted by atomic mass is 10.2. The summed E-state index contributed by atoms with van der Waals surface area (Å²) < 4.78 is 5.37. The molecule has 2 rings (SSSR count). The Morgan fingerprint density at radius 1 is 1.56 bits per heavy atom. The predicted molar refractivity (Wildman–Crippen MR) is 62.4 cm³/mol. The first kappa shape index (κ1) is 11.1. The summed E-state index contributed by atoms with van der Waals surface area (Å²) in [4.78, 5) is 11.8. The Balaban J connectivity index is 1.96. The van der Waals surface area contributed by atoms with Gasteiger partial charge in [0.1, 0.15) is 6.10 Å². The van der Waals surface area contributed by atoms with Crippen LogP contribution in [0.4, 0.5) is 5.69 Å². The molecule has 0 saturated carbocycles. The van der Waals surface area contributed by atoms with Crippen molar-refractivity contribution in [2.45, 2.75) is 13.0 Å². The smallest absolute Gasteiger partial charge is 0.254 e. The van der Waals surface area contributed by atoms with Gasteiger partial charge in [-0.1, -0.05) is 12.1 Å². The SMILES string of the molecule is Cc1cccc(NC(=O)C2CNCCO2)c1. The lowest BCUT2D eigenvalue weighted by molar-refractivity contribution is -0.128. The molecule has 0 radical (unpaired) electrons. The van der Waals surface area contributed by atoms with E-state index >= 15 is 0 Å². The van der Waals surface area contributed by atoms with E-state index in [0.717, 1.165) is 17.8 Å². The van der Waals surface area contributed by atoms with Crippen LogP contribution >= 0.6 is 0 Å². The molecule has 0 aliphatic carbocycles. The maximum Gasteiger partial charge on any atom is 0.254 e. The largest absolute Gasteiger partial charge is 0.366 e. The zero-order valence-corrected chi connectivity index (χ0v) is 9.32. The number of nitrogens with one attached hydrogen (secondary N) is 2. The molecule has 1 amide bonds. The normalized spacial score (nSPS) is 20.4. The van der Waals surface area contributed by atoms with Crippen molar-refractivity contribution in [2.75, 3.05) is 25.0 Å². The fourth-order valence-corrected chi connectivity index (χ4v) is 1.68. The fourth-order valence-electron chi connectivity index (χ4n) is 1.68. The molecule has 1 fully saturated rings. The lowest BCUT2D eigenvalue weighted by Gasteiger charge is -2.22. The van der Waals surface area contributed by atoms with Crippen molar-refractivity contribution in [3.8, 4) is 0 Å². The number of amides is 1. The minimum atomic E-state index is -0.380. The third kappa shape index (κ3) is 2.81. The number of ether oxygens (including phenoxy) is 1. The third-order valence-electron chi connectivity index (χ3n) is 2.51. The van der Waals surface area contributed by atoms with Crippen molar-refractivity contribution in [3.05, 3.63) is 29.8 Å². The second kappa shape index (κ2) is 5.09. The highest BCUT2D eigenvalue weighted by Gasteiger charge is 2.21. The van der Waals surface area contributed by atoms with E-state index in [1.807, 2.05) is 31.2 Å². The molecule has 16 heavy (non-hydrogen) atoms. The molecule has 1 aliphatic heterocycles. The van der Waals surface area contributed by atoms with Crippen LogP contribution in [0.3, 0.4) is 0 Å². The van der Waals surface area contributed by atoms with Crippen LogP contribution in [0.5, 0.6) is 0 Å². The Kier molecular flexibility index (Phi) is 3.54. The van der Waals surface area contributed by atoms with Crippen molar-refractivity contribution in [1.82, 2.24) is 5.32 Å². The maximum absolute atomic E-state index is 11.8. The average Bonchev–Trinajstić information content (AvgIpc) is 2.30. The van der Waals surface area contributed by atoms with E-state index < -0.39 is 0 Å². The average molecular weight is 220 g/mol. The van der Waals surface area contributed by atoms with Crippen molar-refractivity contribution < 1.29 is 9.53 Å². The Labute approximate surface area is 95.0 Å². The fraction of sp³-hybridized carbons (Fsp3) is 0.417. The minimum Gasteiger partial charge on any atom is -0.366 e. The summed E-state index contributed by atoms with van der Waals surface area (Å²) in [6.45, 7) is 3.98. The molecule has 1 aromatic carbocycles. The number of morpholine rings is 1. The summed E-state index contributed by atoms with van der Waals surface area (Å²) in [5, 5.41) is 5.98. The first-order valence-electron chi connectivity index (χ1n) is 5.45. The van der Waals surface area contributed by atoms with Crippen LogP contribution in [0.15, 0.2) is 24.3 Å². The van der Waals surface area contributed by atoms with Gasteiger partial charge >= 0.3 is 0 Å². The molecule has 1 heterocycles. The number of benzene rings is 1. The number of aryl methyl sites for hydroxylation is 1. The molecular formula is C12H16N2O2. The summed E-state index contributed by atoms with van der Waals surface area (Å²) in [6, 6.07) is 7.73. The monoisotopic (exact) mass is 220 g/mol. The van der Waals surface area contributed by atoms with Crippen molar-refractivity contribution >= 4 is 11.6 Å². The van der Waals surface area contributed by atoms with E-state index in [0.29, 0.717) is 13.2 Å². The van der Waals surface area contributed by atoms with Crippen LogP contribution < -0.4 is 10.6 Å². The molecule has 0 aromatic heterocycles. The quantitative estimate of drug-likeness (QED) is 0.779. The molecule has 1 aliphatic rings. The summed E-state index contributed by atoms with van der Waals surface area (Å²) in [5.74, 6) is -0.0854. The molecule has 2 N–H and O–H groups in total. The van der Waals surface area contributed by atoms with E-state index in [2.05, 4.69) is 10.6 Å². The Morgan fingerprint density at radius 2 is 2.44 bits per heavy atom. The van der Waals surface area contributed by atoms with Crippen LogP contribution in [0.2, 0.25) is 0 Å². The maximum atomic E-state index is 11.8. The molecule has 0 spiro atoms. The Bertz CT molecular complexity index is 373. The molecule has 4 heteroatoms. The molecule has 86 valence electrons. The van der Waals surface area contributed by atoms with E-state index in [9.17, 15) is 4.79 Å². The number of rotatable bonds is 2. The van der Waals surface area contributed by atoms with Gasteiger partial charge in [-0.05, 0) is 24.6 Å². The number of carbonyl (C=O) groups is 1. The second-order valence-electron chi connectivity index (χ2n) is 3.92. The van der Waals surface area contributed by atoms with Crippen LogP contribution in [0, 0.1) is 6.92 Å². The van der Waals surface area contributed by atoms with E-state index in [1.54, 1.807) is 0 Å². The van der Waals surface area contributed by atoms with Gasteiger partial charge in [-0.15, -0.1) is 0 Å². The highest BCUT2D eigenvalue weighted by Crippen LogP contribution is 2.10. The highest BCUT2D eigenvalue weighted by molar-refractivity contribution is 5.94. The van der Waals surface area contributed by atoms with Crippen LogP contribution in [0.25, 0.3) is 0 Å². The molecule has 0 bridgehead atoms. The van der Waals surface area contributed by atoms with Crippen molar-refractivity contribution in [2.24, 2.45) is 0 Å². The summed E-state index contributed by atoms with van der Waals surface area (Å²) in [5.41, 5.74) is 1.94. The first-order chi connectivity index (χ1) is 7.75. The van der Waals surface area contributed by atoms with Gasteiger partial charge < -0.3 is 15.4 Å². The van der Waals surface area contributed by atoms with Crippen LogP contribution in [-0.2, 0) is 9.53 Å². The van der Waals surface area contributed by atoms with Gasteiger partial charge in [0.2, 0.25) is 0 Å². The highest BCUT2D eigenvalue weighted by atomic mass is 16.5. The number of hydrogen-bond acceptors (Lipinski definition) is 3. The number of anilines is 1. The van der Waals surface area contributed by atoms with Crippen molar-refractivity contribution in [1.29, 1.82) is 0 Å². The topological polar surface area (TPSA) is 50.4 Å².